The molecule has 1 aliphatic carbocycles. The SMILES string of the molecule is CC1C=Cc2c(oc3cc(-c4ccc(-c5ccccc5)c5ccccc45)cc(/C(N)=N/C(=N)c4ccccc4)c23)C1. The summed E-state index contributed by atoms with van der Waals surface area (Å²) in [5, 5.41) is 11.9. The number of amidine groups is 2. The fourth-order valence-electron chi connectivity index (χ4n) is 5.87. The van der Waals surface area contributed by atoms with E-state index in [0.717, 1.165) is 50.8 Å². The third-order valence-electron chi connectivity index (χ3n) is 7.88. The minimum atomic E-state index is 0.126. The van der Waals surface area contributed by atoms with E-state index in [4.69, 9.17) is 15.6 Å². The number of aliphatic imine (C=N–C) groups is 1. The number of fused-ring (bicyclic) bond motifs is 4. The molecule has 1 atom stereocenters. The summed E-state index contributed by atoms with van der Waals surface area (Å²) in [5.41, 5.74) is 14.5. The molecule has 1 aromatic heterocycles. The first kappa shape index (κ1) is 24.8. The topological polar surface area (TPSA) is 75.4 Å². The lowest BCUT2D eigenvalue weighted by molar-refractivity contribution is 0.513. The van der Waals surface area contributed by atoms with E-state index in [1.807, 2.05) is 36.4 Å². The highest BCUT2D eigenvalue weighted by Crippen LogP contribution is 2.40. The van der Waals surface area contributed by atoms with Crippen LogP contribution in [0.15, 0.2) is 125 Å². The van der Waals surface area contributed by atoms with E-state index in [9.17, 15) is 0 Å². The van der Waals surface area contributed by atoms with Crippen molar-refractivity contribution in [2.45, 2.75) is 13.3 Å². The summed E-state index contributed by atoms with van der Waals surface area (Å²) in [7, 11) is 0. The van der Waals surface area contributed by atoms with E-state index in [-0.39, 0.29) is 5.84 Å². The van der Waals surface area contributed by atoms with Crippen LogP contribution in [0.1, 0.15) is 29.4 Å². The van der Waals surface area contributed by atoms with E-state index >= 15 is 0 Å². The molecule has 0 spiro atoms. The van der Waals surface area contributed by atoms with E-state index < -0.39 is 0 Å². The van der Waals surface area contributed by atoms with Gasteiger partial charge in [-0.3, -0.25) is 5.41 Å². The zero-order valence-corrected chi connectivity index (χ0v) is 22.8. The molecule has 3 N–H and O–H groups in total. The highest BCUT2D eigenvalue weighted by molar-refractivity contribution is 6.17. The van der Waals surface area contributed by atoms with Gasteiger partial charge in [0, 0.05) is 28.5 Å². The molecule has 0 bridgehead atoms. The first-order chi connectivity index (χ1) is 20.1. The number of nitrogens with one attached hydrogen (secondary N) is 1. The highest BCUT2D eigenvalue weighted by Gasteiger charge is 2.23. The van der Waals surface area contributed by atoms with Crippen LogP contribution < -0.4 is 5.73 Å². The molecule has 4 heteroatoms. The van der Waals surface area contributed by atoms with Crippen LogP contribution in [-0.4, -0.2) is 11.7 Å². The van der Waals surface area contributed by atoms with Crippen LogP contribution in [0.2, 0.25) is 0 Å². The average Bonchev–Trinajstić information content (AvgIpc) is 3.38. The molecule has 7 rings (SSSR count). The van der Waals surface area contributed by atoms with E-state index in [1.165, 1.54) is 16.5 Å². The van der Waals surface area contributed by atoms with Gasteiger partial charge in [0.25, 0.3) is 0 Å². The van der Waals surface area contributed by atoms with Crippen molar-refractivity contribution in [3.05, 3.63) is 138 Å². The van der Waals surface area contributed by atoms with Gasteiger partial charge in [0.1, 0.15) is 17.2 Å². The van der Waals surface area contributed by atoms with Crippen molar-refractivity contribution in [3.8, 4) is 22.3 Å². The first-order valence-corrected chi connectivity index (χ1v) is 13.9. The molecule has 6 aromatic rings. The molecule has 0 aliphatic heterocycles. The molecule has 0 amide bonds. The Morgan fingerprint density at radius 3 is 2.15 bits per heavy atom. The van der Waals surface area contributed by atoms with Crippen LogP contribution >= 0.6 is 0 Å². The maximum absolute atomic E-state index is 8.62. The Morgan fingerprint density at radius 1 is 0.805 bits per heavy atom. The van der Waals surface area contributed by atoms with Gasteiger partial charge in [-0.25, -0.2) is 4.99 Å². The lowest BCUT2D eigenvalue weighted by Gasteiger charge is -2.14. The molecule has 0 saturated heterocycles. The van der Waals surface area contributed by atoms with Crippen molar-refractivity contribution in [2.24, 2.45) is 16.6 Å². The monoisotopic (exact) mass is 531 g/mol. The normalized spacial score (nSPS) is 14.9. The lowest BCUT2D eigenvalue weighted by atomic mass is 9.89. The van der Waals surface area contributed by atoms with Crippen molar-refractivity contribution >= 4 is 39.5 Å². The number of benzene rings is 5. The van der Waals surface area contributed by atoms with Gasteiger partial charge in [0.2, 0.25) is 0 Å². The number of rotatable bonds is 4. The molecule has 1 unspecified atom stereocenters. The van der Waals surface area contributed by atoms with Gasteiger partial charge in [-0.05, 0) is 51.1 Å². The smallest absolute Gasteiger partial charge is 0.154 e. The standard InChI is InChI=1S/C37H29N3O/c1-23-16-17-31-33(20-23)41-34-22-26(21-32(35(31)34)37(39)40-36(38)25-12-6-3-7-13-25)28-19-18-27(24-10-4-2-5-11-24)29-14-8-9-15-30(28)29/h2-19,21-23H,20H2,1H3,(H3,38,39,40). The fraction of sp³-hybridized carbons (Fsp3) is 0.0811. The van der Waals surface area contributed by atoms with E-state index in [0.29, 0.717) is 17.3 Å². The molecular weight excluding hydrogens is 502 g/mol. The van der Waals surface area contributed by atoms with Gasteiger partial charge in [-0.1, -0.05) is 116 Å². The second-order valence-corrected chi connectivity index (χ2v) is 10.7. The van der Waals surface area contributed by atoms with Crippen molar-refractivity contribution < 1.29 is 4.42 Å². The molecule has 0 fully saturated rings. The van der Waals surface area contributed by atoms with Gasteiger partial charge >= 0.3 is 0 Å². The Hall–Kier alpha value is -5.22. The maximum atomic E-state index is 8.62. The summed E-state index contributed by atoms with van der Waals surface area (Å²) in [4.78, 5) is 4.57. The van der Waals surface area contributed by atoms with Crippen LogP contribution in [0.25, 0.3) is 50.1 Å². The van der Waals surface area contributed by atoms with Crippen LogP contribution in [-0.2, 0) is 6.42 Å². The predicted molar refractivity (Wildman–Crippen MR) is 170 cm³/mol. The Morgan fingerprint density at radius 2 is 1.44 bits per heavy atom. The van der Waals surface area contributed by atoms with Gasteiger partial charge in [0.05, 0.1) is 0 Å². The second kappa shape index (κ2) is 10.1. The summed E-state index contributed by atoms with van der Waals surface area (Å²) >= 11 is 0. The van der Waals surface area contributed by atoms with E-state index in [2.05, 4.69) is 96.9 Å². The van der Waals surface area contributed by atoms with Crippen LogP contribution in [0.3, 0.4) is 0 Å². The first-order valence-electron chi connectivity index (χ1n) is 13.9. The quantitative estimate of drug-likeness (QED) is 0.176. The zero-order chi connectivity index (χ0) is 27.9. The van der Waals surface area contributed by atoms with E-state index in [1.54, 1.807) is 0 Å². The van der Waals surface area contributed by atoms with Crippen molar-refractivity contribution in [2.75, 3.05) is 0 Å². The van der Waals surface area contributed by atoms with Crippen LogP contribution in [0, 0.1) is 11.3 Å². The molecule has 198 valence electrons. The number of hydrogen-bond donors (Lipinski definition) is 2. The summed E-state index contributed by atoms with van der Waals surface area (Å²) < 4.78 is 6.49. The molecular formula is C37H29N3O. The lowest BCUT2D eigenvalue weighted by Crippen LogP contribution is -2.17. The maximum Gasteiger partial charge on any atom is 0.154 e. The number of furan rings is 1. The Labute approximate surface area is 239 Å². The summed E-state index contributed by atoms with van der Waals surface area (Å²) in [5.74, 6) is 1.79. The number of hydrogen-bond acceptors (Lipinski definition) is 2. The second-order valence-electron chi connectivity index (χ2n) is 10.7. The summed E-state index contributed by atoms with van der Waals surface area (Å²) in [6.45, 7) is 2.19. The molecule has 0 saturated carbocycles. The van der Waals surface area contributed by atoms with Gasteiger partial charge < -0.3 is 10.2 Å². The molecule has 5 aromatic carbocycles. The van der Waals surface area contributed by atoms with Crippen molar-refractivity contribution in [1.29, 1.82) is 5.41 Å². The van der Waals surface area contributed by atoms with Gasteiger partial charge in [-0.15, -0.1) is 0 Å². The fourth-order valence-corrected chi connectivity index (χ4v) is 5.87. The summed E-state index contributed by atoms with van der Waals surface area (Å²) in [6.07, 6.45) is 5.18. The zero-order valence-electron chi connectivity index (χ0n) is 22.8. The molecule has 41 heavy (non-hydrogen) atoms. The molecule has 0 radical (unpaired) electrons. The van der Waals surface area contributed by atoms with Crippen LogP contribution in [0.5, 0.6) is 0 Å². The number of nitrogens with two attached hydrogens (primary N) is 1. The Kier molecular flexibility index (Phi) is 6.09. The minimum Gasteiger partial charge on any atom is -0.460 e. The largest absolute Gasteiger partial charge is 0.460 e. The van der Waals surface area contributed by atoms with Crippen LogP contribution in [0.4, 0.5) is 0 Å². The number of allylic oxidation sites excluding steroid dienone is 1. The van der Waals surface area contributed by atoms with Gasteiger partial charge in [0.15, 0.2) is 5.84 Å². The molecule has 4 nitrogen and oxygen atoms in total. The van der Waals surface area contributed by atoms with Crippen molar-refractivity contribution in [1.82, 2.24) is 0 Å². The third-order valence-corrected chi connectivity index (χ3v) is 7.88. The van der Waals surface area contributed by atoms with Crippen molar-refractivity contribution in [3.63, 3.8) is 0 Å². The molecule has 1 aliphatic rings. The Bertz CT molecular complexity index is 2000. The predicted octanol–water partition coefficient (Wildman–Crippen LogP) is 8.86. The summed E-state index contributed by atoms with van der Waals surface area (Å²) in [6, 6.07) is 37.0. The van der Waals surface area contributed by atoms with Gasteiger partial charge in [-0.2, -0.15) is 0 Å². The molecule has 1 heterocycles. The average molecular weight is 532 g/mol. The highest BCUT2D eigenvalue weighted by atomic mass is 16.3. The number of nitrogens with zero attached hydrogens (tertiary/aromatic N) is 1. The third kappa shape index (κ3) is 4.44. The Balaban J connectivity index is 1.45. The minimum absolute atomic E-state index is 0.126.